The first-order valence-electron chi connectivity index (χ1n) is 8.14. The number of hydrogen-bond donors (Lipinski definition) is 1. The highest BCUT2D eigenvalue weighted by Crippen LogP contribution is 2.28. The third kappa shape index (κ3) is 4.29. The van der Waals surface area contributed by atoms with E-state index in [1.807, 2.05) is 48.5 Å². The summed E-state index contributed by atoms with van der Waals surface area (Å²) in [5.41, 5.74) is 1.78. The molecule has 0 aromatic heterocycles. The highest BCUT2D eigenvalue weighted by atomic mass is 35.5. The van der Waals surface area contributed by atoms with Crippen LogP contribution in [0, 0.1) is 5.92 Å². The zero-order valence-corrected chi connectivity index (χ0v) is 14.9. The maximum absolute atomic E-state index is 12.5. The van der Waals surface area contributed by atoms with Crippen molar-refractivity contribution in [2.45, 2.75) is 19.4 Å². The summed E-state index contributed by atoms with van der Waals surface area (Å²) in [5.74, 6) is 0.0661. The fourth-order valence-corrected chi connectivity index (χ4v) is 3.60. The van der Waals surface area contributed by atoms with Gasteiger partial charge in [-0.1, -0.05) is 47.5 Å². The van der Waals surface area contributed by atoms with Gasteiger partial charge in [-0.2, -0.15) is 0 Å². The summed E-state index contributed by atoms with van der Waals surface area (Å²) in [4.78, 5) is 14.8. The SMILES string of the molecule is O=C(Nc1ccccc1)C1CCCN(Cc2c(Cl)cccc2Cl)C1. The van der Waals surface area contributed by atoms with Crippen molar-refractivity contribution in [2.24, 2.45) is 5.92 Å². The Labute approximate surface area is 152 Å². The molecule has 0 spiro atoms. The molecule has 1 atom stereocenters. The second-order valence-corrected chi connectivity index (χ2v) is 6.94. The van der Waals surface area contributed by atoms with E-state index in [2.05, 4.69) is 10.2 Å². The predicted molar refractivity (Wildman–Crippen MR) is 99.5 cm³/mol. The lowest BCUT2D eigenvalue weighted by Gasteiger charge is -2.32. The standard InChI is InChI=1S/C19H20Cl2N2O/c20-17-9-4-10-18(21)16(17)13-23-11-5-6-14(12-23)19(24)22-15-7-2-1-3-8-15/h1-4,7-10,14H,5-6,11-13H2,(H,22,24). The molecule has 3 nitrogen and oxygen atoms in total. The Kier molecular flexibility index (Phi) is 5.77. The van der Waals surface area contributed by atoms with Gasteiger partial charge in [-0.25, -0.2) is 0 Å². The molecule has 0 bridgehead atoms. The molecule has 0 saturated carbocycles. The van der Waals surface area contributed by atoms with Crippen LogP contribution in [0.15, 0.2) is 48.5 Å². The quantitative estimate of drug-likeness (QED) is 0.843. The highest BCUT2D eigenvalue weighted by Gasteiger charge is 2.26. The molecule has 1 aliphatic heterocycles. The molecule has 1 unspecified atom stereocenters. The summed E-state index contributed by atoms with van der Waals surface area (Å²) in [6.07, 6.45) is 1.90. The van der Waals surface area contributed by atoms with Crippen molar-refractivity contribution < 1.29 is 4.79 Å². The molecule has 0 radical (unpaired) electrons. The summed E-state index contributed by atoms with van der Waals surface area (Å²) in [7, 11) is 0. The Balaban J connectivity index is 1.63. The van der Waals surface area contributed by atoms with Crippen LogP contribution in [0.3, 0.4) is 0 Å². The van der Waals surface area contributed by atoms with Crippen molar-refractivity contribution in [2.75, 3.05) is 18.4 Å². The van der Waals surface area contributed by atoms with Gasteiger partial charge in [-0.15, -0.1) is 0 Å². The van der Waals surface area contributed by atoms with Crippen molar-refractivity contribution in [1.29, 1.82) is 0 Å². The van der Waals surface area contributed by atoms with Crippen molar-refractivity contribution in [3.63, 3.8) is 0 Å². The molecule has 5 heteroatoms. The van der Waals surface area contributed by atoms with Gasteiger partial charge in [0.25, 0.3) is 0 Å². The van der Waals surface area contributed by atoms with Crippen LogP contribution >= 0.6 is 23.2 Å². The fraction of sp³-hybridized carbons (Fsp3) is 0.316. The van der Waals surface area contributed by atoms with E-state index in [1.165, 1.54) is 0 Å². The second-order valence-electron chi connectivity index (χ2n) is 6.13. The normalized spacial score (nSPS) is 18.3. The van der Waals surface area contributed by atoms with E-state index in [4.69, 9.17) is 23.2 Å². The minimum atomic E-state index is -0.0137. The molecule has 1 amide bonds. The maximum Gasteiger partial charge on any atom is 0.228 e. The molecular formula is C19H20Cl2N2O. The molecule has 3 rings (SSSR count). The van der Waals surface area contributed by atoms with Crippen molar-refractivity contribution in [3.8, 4) is 0 Å². The second kappa shape index (κ2) is 8.02. The van der Waals surface area contributed by atoms with Crippen LogP contribution in [0.5, 0.6) is 0 Å². The maximum atomic E-state index is 12.5. The predicted octanol–water partition coefficient (Wildman–Crippen LogP) is 4.84. The van der Waals surface area contributed by atoms with Gasteiger partial charge in [0.2, 0.25) is 5.91 Å². The minimum Gasteiger partial charge on any atom is -0.326 e. The zero-order valence-electron chi connectivity index (χ0n) is 13.3. The highest BCUT2D eigenvalue weighted by molar-refractivity contribution is 6.35. The van der Waals surface area contributed by atoms with Gasteiger partial charge in [0.05, 0.1) is 5.92 Å². The zero-order chi connectivity index (χ0) is 16.9. The van der Waals surface area contributed by atoms with E-state index in [0.29, 0.717) is 16.6 Å². The van der Waals surface area contributed by atoms with Crippen LogP contribution in [-0.4, -0.2) is 23.9 Å². The lowest BCUT2D eigenvalue weighted by Crippen LogP contribution is -2.40. The molecule has 126 valence electrons. The van der Waals surface area contributed by atoms with E-state index in [1.54, 1.807) is 0 Å². The van der Waals surface area contributed by atoms with Crippen LogP contribution in [0.4, 0.5) is 5.69 Å². The Morgan fingerprint density at radius 2 is 1.79 bits per heavy atom. The molecule has 0 aliphatic carbocycles. The number of amides is 1. The van der Waals surface area contributed by atoms with Crippen LogP contribution in [0.2, 0.25) is 10.0 Å². The van der Waals surface area contributed by atoms with Crippen LogP contribution in [-0.2, 0) is 11.3 Å². The molecule has 1 heterocycles. The van der Waals surface area contributed by atoms with E-state index < -0.39 is 0 Å². The van der Waals surface area contributed by atoms with Gasteiger partial charge >= 0.3 is 0 Å². The fourth-order valence-electron chi connectivity index (χ4n) is 3.09. The molecular weight excluding hydrogens is 343 g/mol. The average Bonchev–Trinajstić information content (AvgIpc) is 2.59. The lowest BCUT2D eigenvalue weighted by atomic mass is 9.96. The Bertz CT molecular complexity index is 686. The van der Waals surface area contributed by atoms with Crippen molar-refractivity contribution >= 4 is 34.8 Å². The first-order valence-corrected chi connectivity index (χ1v) is 8.90. The number of nitrogens with zero attached hydrogens (tertiary/aromatic N) is 1. The largest absolute Gasteiger partial charge is 0.326 e. The number of carbonyl (C=O) groups excluding carboxylic acids is 1. The van der Waals surface area contributed by atoms with Gasteiger partial charge in [0.15, 0.2) is 0 Å². The number of piperidine rings is 1. The van der Waals surface area contributed by atoms with Gasteiger partial charge in [-0.3, -0.25) is 9.69 Å². The van der Waals surface area contributed by atoms with Crippen LogP contribution in [0.25, 0.3) is 0 Å². The molecule has 1 N–H and O–H groups in total. The molecule has 24 heavy (non-hydrogen) atoms. The minimum absolute atomic E-state index is 0.0137. The van der Waals surface area contributed by atoms with Crippen molar-refractivity contribution in [1.82, 2.24) is 4.90 Å². The smallest absolute Gasteiger partial charge is 0.228 e. The first kappa shape index (κ1) is 17.3. The third-order valence-electron chi connectivity index (χ3n) is 4.36. The van der Waals surface area contributed by atoms with Crippen LogP contribution < -0.4 is 5.32 Å². The summed E-state index contributed by atoms with van der Waals surface area (Å²) >= 11 is 12.5. The molecule has 1 aliphatic rings. The Hall–Kier alpha value is -1.55. The monoisotopic (exact) mass is 362 g/mol. The van der Waals surface area contributed by atoms with E-state index in [0.717, 1.165) is 37.2 Å². The summed E-state index contributed by atoms with van der Waals surface area (Å²) in [6, 6.07) is 15.1. The number of halogens is 2. The Morgan fingerprint density at radius 3 is 2.50 bits per heavy atom. The summed E-state index contributed by atoms with van der Waals surface area (Å²) in [5, 5.41) is 4.36. The topological polar surface area (TPSA) is 32.3 Å². The van der Waals surface area contributed by atoms with E-state index in [9.17, 15) is 4.79 Å². The summed E-state index contributed by atoms with van der Waals surface area (Å²) < 4.78 is 0. The first-order chi connectivity index (χ1) is 11.6. The average molecular weight is 363 g/mol. The van der Waals surface area contributed by atoms with Crippen LogP contribution in [0.1, 0.15) is 18.4 Å². The number of nitrogens with one attached hydrogen (secondary N) is 1. The molecule has 2 aromatic rings. The number of benzene rings is 2. The molecule has 1 saturated heterocycles. The van der Waals surface area contributed by atoms with Gasteiger partial charge < -0.3 is 5.32 Å². The molecule has 1 fully saturated rings. The van der Waals surface area contributed by atoms with Gasteiger partial charge in [0.1, 0.15) is 0 Å². The van der Waals surface area contributed by atoms with E-state index in [-0.39, 0.29) is 11.8 Å². The van der Waals surface area contributed by atoms with Gasteiger partial charge in [0, 0.05) is 34.4 Å². The number of para-hydroxylation sites is 1. The number of anilines is 1. The van der Waals surface area contributed by atoms with Crippen molar-refractivity contribution in [3.05, 3.63) is 64.1 Å². The Morgan fingerprint density at radius 1 is 1.08 bits per heavy atom. The van der Waals surface area contributed by atoms with E-state index >= 15 is 0 Å². The number of rotatable bonds is 4. The number of carbonyl (C=O) groups is 1. The molecule has 2 aromatic carbocycles. The summed E-state index contributed by atoms with van der Waals surface area (Å²) in [6.45, 7) is 2.35. The number of likely N-dealkylation sites (tertiary alicyclic amines) is 1. The van der Waals surface area contributed by atoms with Gasteiger partial charge in [-0.05, 0) is 43.7 Å². The lowest BCUT2D eigenvalue weighted by molar-refractivity contribution is -0.121. The number of hydrogen-bond acceptors (Lipinski definition) is 2. The third-order valence-corrected chi connectivity index (χ3v) is 5.07.